The van der Waals surface area contributed by atoms with Crippen LogP contribution in [0, 0.1) is 0 Å². The Morgan fingerprint density at radius 1 is 1.65 bits per heavy atom. The van der Waals surface area contributed by atoms with E-state index in [-0.39, 0.29) is 12.0 Å². The molecule has 1 unspecified atom stereocenters. The van der Waals surface area contributed by atoms with Crippen molar-refractivity contribution < 1.29 is 9.63 Å². The lowest BCUT2D eigenvalue weighted by atomic mass is 10.2. The van der Waals surface area contributed by atoms with E-state index in [9.17, 15) is 4.79 Å². The Morgan fingerprint density at radius 3 is 3.12 bits per heavy atom. The fraction of sp³-hybridized carbons (Fsp3) is 0.273. The molecule has 1 aliphatic heterocycles. The first-order valence-electron chi connectivity index (χ1n) is 5.15. The van der Waals surface area contributed by atoms with E-state index in [4.69, 9.17) is 4.84 Å². The molecule has 2 N–H and O–H groups in total. The Bertz CT molecular complexity index is 445. The number of amides is 1. The second-order valence-electron chi connectivity index (χ2n) is 3.64. The summed E-state index contributed by atoms with van der Waals surface area (Å²) < 4.78 is 0.926. The van der Waals surface area contributed by atoms with Crippen molar-refractivity contribution in [2.45, 2.75) is 13.0 Å². The van der Waals surface area contributed by atoms with E-state index in [1.807, 2.05) is 18.2 Å². The molecule has 1 atom stereocenters. The second kappa shape index (κ2) is 5.29. The fourth-order valence-electron chi connectivity index (χ4n) is 1.41. The molecule has 1 aromatic rings. The topological polar surface area (TPSA) is 63.2 Å². The van der Waals surface area contributed by atoms with Gasteiger partial charge in [-0.05, 0) is 34.1 Å². The second-order valence-corrected chi connectivity index (χ2v) is 4.55. The molecule has 0 saturated carbocycles. The lowest BCUT2D eigenvalue weighted by Crippen LogP contribution is -2.30. The van der Waals surface area contributed by atoms with Crippen molar-refractivity contribution in [2.75, 3.05) is 6.54 Å². The molecule has 0 spiro atoms. The minimum absolute atomic E-state index is 0.0720. The van der Waals surface area contributed by atoms with Gasteiger partial charge in [0.15, 0.2) is 0 Å². The van der Waals surface area contributed by atoms with Crippen LogP contribution in [0.5, 0.6) is 0 Å². The number of aromatic nitrogens is 1. The number of nitrogens with one attached hydrogen (secondary N) is 2. The largest absolute Gasteiger partial charge is 0.353 e. The number of pyridine rings is 1. The van der Waals surface area contributed by atoms with Crippen LogP contribution in [0.4, 0.5) is 0 Å². The third-order valence-corrected chi connectivity index (χ3v) is 2.70. The van der Waals surface area contributed by atoms with Gasteiger partial charge in [-0.1, -0.05) is 0 Å². The Labute approximate surface area is 107 Å². The highest BCUT2D eigenvalue weighted by atomic mass is 79.9. The fourth-order valence-corrected chi connectivity index (χ4v) is 1.65. The van der Waals surface area contributed by atoms with Crippen LogP contribution in [-0.2, 0) is 9.63 Å². The monoisotopic (exact) mass is 297 g/mol. The number of carbonyl (C=O) groups excluding carboxylic acids is 1. The smallest absolute Gasteiger partial charge is 0.216 e. The summed E-state index contributed by atoms with van der Waals surface area (Å²) in [6.07, 6.45) is 3.45. The summed E-state index contributed by atoms with van der Waals surface area (Å²) >= 11 is 3.33. The molecule has 6 heteroatoms. The molecule has 0 radical (unpaired) electrons. The van der Waals surface area contributed by atoms with Crippen LogP contribution in [0.2, 0.25) is 0 Å². The summed E-state index contributed by atoms with van der Waals surface area (Å²) in [4.78, 5) is 20.3. The standard InChI is InChI=1S/C11H12BrN3O2/c1-7(16)13-6-9-4-11(15-17-9)10-3-2-8(12)5-14-10/h2-5,9,15H,6H2,1H3,(H,13,16). The van der Waals surface area contributed by atoms with E-state index in [0.29, 0.717) is 6.54 Å². The minimum Gasteiger partial charge on any atom is -0.353 e. The van der Waals surface area contributed by atoms with E-state index < -0.39 is 0 Å². The molecule has 0 aromatic carbocycles. The molecule has 0 saturated heterocycles. The van der Waals surface area contributed by atoms with Crippen molar-refractivity contribution >= 4 is 27.5 Å². The summed E-state index contributed by atoms with van der Waals surface area (Å²) in [5.74, 6) is -0.0720. The van der Waals surface area contributed by atoms with Gasteiger partial charge >= 0.3 is 0 Å². The average molecular weight is 298 g/mol. The van der Waals surface area contributed by atoms with Crippen LogP contribution in [-0.4, -0.2) is 23.5 Å². The van der Waals surface area contributed by atoms with Gasteiger partial charge in [0.25, 0.3) is 0 Å². The zero-order chi connectivity index (χ0) is 12.3. The summed E-state index contributed by atoms with van der Waals surface area (Å²) in [7, 11) is 0. The third-order valence-electron chi connectivity index (χ3n) is 2.23. The quantitative estimate of drug-likeness (QED) is 0.881. The zero-order valence-electron chi connectivity index (χ0n) is 9.24. The Hall–Kier alpha value is -1.40. The first-order chi connectivity index (χ1) is 8.15. The third kappa shape index (κ3) is 3.28. The highest BCUT2D eigenvalue weighted by Crippen LogP contribution is 2.17. The SMILES string of the molecule is CC(=O)NCC1C=C(c2ccc(Br)cn2)NO1. The molecular formula is C11H12BrN3O2. The number of hydroxylamine groups is 1. The Balaban J connectivity index is 2.01. The molecule has 1 aliphatic rings. The van der Waals surface area contributed by atoms with E-state index in [0.717, 1.165) is 15.9 Å². The van der Waals surface area contributed by atoms with Gasteiger partial charge in [0.05, 0.1) is 17.9 Å². The number of rotatable bonds is 3. The molecule has 0 bridgehead atoms. The van der Waals surface area contributed by atoms with Crippen LogP contribution in [0.15, 0.2) is 28.9 Å². The van der Waals surface area contributed by atoms with Gasteiger partial charge in [0, 0.05) is 17.6 Å². The Kier molecular flexibility index (Phi) is 3.75. The summed E-state index contributed by atoms with van der Waals surface area (Å²) in [6.45, 7) is 1.92. The van der Waals surface area contributed by atoms with E-state index in [1.54, 1.807) is 6.20 Å². The normalized spacial score (nSPS) is 18.5. The average Bonchev–Trinajstić information content (AvgIpc) is 2.76. The highest BCUT2D eigenvalue weighted by molar-refractivity contribution is 9.10. The van der Waals surface area contributed by atoms with Gasteiger partial charge in [-0.2, -0.15) is 0 Å². The predicted molar refractivity (Wildman–Crippen MR) is 66.6 cm³/mol. The van der Waals surface area contributed by atoms with Crippen LogP contribution in [0.3, 0.4) is 0 Å². The maximum Gasteiger partial charge on any atom is 0.216 e. The first-order valence-corrected chi connectivity index (χ1v) is 5.94. The molecular weight excluding hydrogens is 286 g/mol. The van der Waals surface area contributed by atoms with Crippen molar-refractivity contribution in [3.63, 3.8) is 0 Å². The van der Waals surface area contributed by atoms with E-state index in [2.05, 4.69) is 31.7 Å². The van der Waals surface area contributed by atoms with Crippen LogP contribution >= 0.6 is 15.9 Å². The first kappa shape index (κ1) is 12.1. The van der Waals surface area contributed by atoms with Gasteiger partial charge in [-0.3, -0.25) is 20.1 Å². The number of halogens is 1. The lowest BCUT2D eigenvalue weighted by Gasteiger charge is -2.06. The molecule has 2 heterocycles. The number of hydrogen-bond donors (Lipinski definition) is 2. The molecule has 1 aromatic heterocycles. The summed E-state index contributed by atoms with van der Waals surface area (Å²) in [6, 6.07) is 3.79. The van der Waals surface area contributed by atoms with Crippen molar-refractivity contribution in [2.24, 2.45) is 0 Å². The number of carbonyl (C=O) groups is 1. The van der Waals surface area contributed by atoms with Gasteiger partial charge in [-0.15, -0.1) is 0 Å². The molecule has 17 heavy (non-hydrogen) atoms. The molecule has 90 valence electrons. The van der Waals surface area contributed by atoms with Crippen molar-refractivity contribution in [3.05, 3.63) is 34.6 Å². The van der Waals surface area contributed by atoms with E-state index >= 15 is 0 Å². The molecule has 2 rings (SSSR count). The van der Waals surface area contributed by atoms with Gasteiger partial charge in [0.1, 0.15) is 6.10 Å². The van der Waals surface area contributed by atoms with Crippen LogP contribution < -0.4 is 10.8 Å². The van der Waals surface area contributed by atoms with E-state index in [1.165, 1.54) is 6.92 Å². The summed E-state index contributed by atoms with van der Waals surface area (Å²) in [5, 5.41) is 2.69. The van der Waals surface area contributed by atoms with Crippen molar-refractivity contribution in [1.29, 1.82) is 0 Å². The Morgan fingerprint density at radius 2 is 2.47 bits per heavy atom. The number of nitrogens with zero attached hydrogens (tertiary/aromatic N) is 1. The van der Waals surface area contributed by atoms with Crippen LogP contribution in [0.25, 0.3) is 5.70 Å². The highest BCUT2D eigenvalue weighted by Gasteiger charge is 2.18. The predicted octanol–water partition coefficient (Wildman–Crippen LogP) is 1.22. The number of hydrogen-bond acceptors (Lipinski definition) is 4. The van der Waals surface area contributed by atoms with Crippen LogP contribution in [0.1, 0.15) is 12.6 Å². The maximum atomic E-state index is 10.8. The minimum atomic E-state index is -0.167. The summed E-state index contributed by atoms with van der Waals surface area (Å²) in [5.41, 5.74) is 4.42. The van der Waals surface area contributed by atoms with Gasteiger partial charge < -0.3 is 5.32 Å². The molecule has 0 fully saturated rings. The molecule has 0 aliphatic carbocycles. The van der Waals surface area contributed by atoms with Gasteiger partial charge in [0.2, 0.25) is 5.91 Å². The molecule has 5 nitrogen and oxygen atoms in total. The lowest BCUT2D eigenvalue weighted by molar-refractivity contribution is -0.119. The molecule has 1 amide bonds. The van der Waals surface area contributed by atoms with Crippen molar-refractivity contribution in [1.82, 2.24) is 15.8 Å². The van der Waals surface area contributed by atoms with Gasteiger partial charge in [-0.25, -0.2) is 0 Å². The maximum absolute atomic E-state index is 10.8. The van der Waals surface area contributed by atoms with Crippen molar-refractivity contribution in [3.8, 4) is 0 Å². The zero-order valence-corrected chi connectivity index (χ0v) is 10.8.